The van der Waals surface area contributed by atoms with Crippen molar-refractivity contribution in [2.45, 2.75) is 51.6 Å². The van der Waals surface area contributed by atoms with E-state index in [9.17, 15) is 0 Å². The third-order valence-electron chi connectivity index (χ3n) is 4.57. The largest absolute Gasteiger partial charge is 0.312 e. The van der Waals surface area contributed by atoms with Gasteiger partial charge in [-0.1, -0.05) is 13.8 Å². The Hall–Kier alpha value is -0.120. The van der Waals surface area contributed by atoms with E-state index in [1.165, 1.54) is 65.0 Å². The molecule has 2 aliphatic rings. The van der Waals surface area contributed by atoms with Crippen molar-refractivity contribution >= 4 is 0 Å². The van der Waals surface area contributed by atoms with Crippen LogP contribution in [0.1, 0.15) is 39.5 Å². The Morgan fingerprint density at radius 3 is 2.65 bits per heavy atom. The monoisotopic (exact) mass is 239 g/mol. The average Bonchev–Trinajstić information content (AvgIpc) is 3.00. The van der Waals surface area contributed by atoms with Gasteiger partial charge in [0.2, 0.25) is 0 Å². The highest BCUT2D eigenvalue weighted by Crippen LogP contribution is 2.24. The van der Waals surface area contributed by atoms with Crippen molar-refractivity contribution in [3.63, 3.8) is 0 Å². The topological polar surface area (TPSA) is 18.5 Å². The molecule has 2 unspecified atom stereocenters. The van der Waals surface area contributed by atoms with Gasteiger partial charge in [-0.25, -0.2) is 0 Å². The summed E-state index contributed by atoms with van der Waals surface area (Å²) in [4.78, 5) is 5.28. The molecule has 2 saturated heterocycles. The van der Waals surface area contributed by atoms with Gasteiger partial charge in [0.15, 0.2) is 0 Å². The predicted molar refractivity (Wildman–Crippen MR) is 73.4 cm³/mol. The molecule has 2 fully saturated rings. The van der Waals surface area contributed by atoms with Gasteiger partial charge in [0.25, 0.3) is 0 Å². The van der Waals surface area contributed by atoms with Crippen LogP contribution in [0.25, 0.3) is 0 Å². The minimum atomic E-state index is 0.786. The molecule has 0 aromatic carbocycles. The zero-order valence-electron chi connectivity index (χ0n) is 11.6. The predicted octanol–water partition coefficient (Wildman–Crippen LogP) is 1.54. The van der Waals surface area contributed by atoms with Gasteiger partial charge >= 0.3 is 0 Å². The van der Waals surface area contributed by atoms with Gasteiger partial charge in [-0.3, -0.25) is 4.90 Å². The van der Waals surface area contributed by atoms with Crippen molar-refractivity contribution in [2.75, 3.05) is 39.3 Å². The van der Waals surface area contributed by atoms with Gasteiger partial charge in [0, 0.05) is 25.2 Å². The SMILES string of the molecule is CCN(CC)CCN1CCCC1C1CCCN1. The molecule has 2 aliphatic heterocycles. The first kappa shape index (κ1) is 13.3. The number of rotatable bonds is 6. The summed E-state index contributed by atoms with van der Waals surface area (Å²) in [6.07, 6.45) is 5.59. The second-order valence-electron chi connectivity index (χ2n) is 5.48. The first-order valence-electron chi connectivity index (χ1n) is 7.55. The molecule has 0 aromatic heterocycles. The summed E-state index contributed by atoms with van der Waals surface area (Å²) < 4.78 is 0. The Balaban J connectivity index is 1.78. The van der Waals surface area contributed by atoms with E-state index in [1.54, 1.807) is 0 Å². The van der Waals surface area contributed by atoms with E-state index in [0.717, 1.165) is 12.1 Å². The van der Waals surface area contributed by atoms with Crippen LogP contribution >= 0.6 is 0 Å². The first-order valence-corrected chi connectivity index (χ1v) is 7.55. The fraction of sp³-hybridized carbons (Fsp3) is 1.00. The van der Waals surface area contributed by atoms with Gasteiger partial charge in [-0.15, -0.1) is 0 Å². The molecule has 0 aromatic rings. The summed E-state index contributed by atoms with van der Waals surface area (Å²) in [5.74, 6) is 0. The summed E-state index contributed by atoms with van der Waals surface area (Å²) in [6, 6.07) is 1.61. The van der Waals surface area contributed by atoms with E-state index in [-0.39, 0.29) is 0 Å². The van der Waals surface area contributed by atoms with Crippen LogP contribution in [0.4, 0.5) is 0 Å². The van der Waals surface area contributed by atoms with Crippen molar-refractivity contribution in [3.05, 3.63) is 0 Å². The van der Waals surface area contributed by atoms with Crippen LogP contribution in [-0.4, -0.2) is 61.2 Å². The zero-order valence-corrected chi connectivity index (χ0v) is 11.6. The Kier molecular flexibility index (Phi) is 5.26. The molecule has 0 amide bonds. The fourth-order valence-electron chi connectivity index (χ4n) is 3.43. The second-order valence-corrected chi connectivity index (χ2v) is 5.48. The van der Waals surface area contributed by atoms with Crippen molar-refractivity contribution in [1.82, 2.24) is 15.1 Å². The quantitative estimate of drug-likeness (QED) is 0.758. The molecule has 0 bridgehead atoms. The summed E-state index contributed by atoms with van der Waals surface area (Å²) in [5, 5.41) is 3.69. The number of nitrogens with zero attached hydrogens (tertiary/aromatic N) is 2. The van der Waals surface area contributed by atoms with Gasteiger partial charge in [-0.05, 0) is 51.9 Å². The molecule has 0 saturated carbocycles. The van der Waals surface area contributed by atoms with Crippen LogP contribution in [0.5, 0.6) is 0 Å². The Labute approximate surface area is 107 Å². The smallest absolute Gasteiger partial charge is 0.0250 e. The number of hydrogen-bond donors (Lipinski definition) is 1. The lowest BCUT2D eigenvalue weighted by molar-refractivity contribution is 0.179. The number of hydrogen-bond acceptors (Lipinski definition) is 3. The molecule has 100 valence electrons. The number of likely N-dealkylation sites (N-methyl/N-ethyl adjacent to an activating group) is 1. The fourth-order valence-corrected chi connectivity index (χ4v) is 3.43. The highest BCUT2D eigenvalue weighted by atomic mass is 15.2. The minimum absolute atomic E-state index is 0.786. The van der Waals surface area contributed by atoms with Gasteiger partial charge < -0.3 is 10.2 Å². The molecular formula is C14H29N3. The van der Waals surface area contributed by atoms with Crippen LogP contribution < -0.4 is 5.32 Å². The van der Waals surface area contributed by atoms with E-state index in [2.05, 4.69) is 29.0 Å². The van der Waals surface area contributed by atoms with Gasteiger partial charge in [-0.2, -0.15) is 0 Å². The minimum Gasteiger partial charge on any atom is -0.312 e. The molecule has 3 heteroatoms. The molecule has 2 atom stereocenters. The zero-order chi connectivity index (χ0) is 12.1. The summed E-state index contributed by atoms with van der Waals surface area (Å²) in [6.45, 7) is 12.0. The van der Waals surface area contributed by atoms with E-state index in [1.807, 2.05) is 0 Å². The Morgan fingerprint density at radius 2 is 2.00 bits per heavy atom. The molecule has 1 N–H and O–H groups in total. The van der Waals surface area contributed by atoms with E-state index in [0.29, 0.717) is 0 Å². The van der Waals surface area contributed by atoms with E-state index >= 15 is 0 Å². The highest BCUT2D eigenvalue weighted by Gasteiger charge is 2.32. The lowest BCUT2D eigenvalue weighted by atomic mass is 10.0. The van der Waals surface area contributed by atoms with Gasteiger partial charge in [0.1, 0.15) is 0 Å². The van der Waals surface area contributed by atoms with Crippen molar-refractivity contribution in [3.8, 4) is 0 Å². The standard InChI is InChI=1S/C14H29N3/c1-3-16(4-2)11-12-17-10-6-8-14(17)13-7-5-9-15-13/h13-15H,3-12H2,1-2H3. The van der Waals surface area contributed by atoms with Crippen LogP contribution in [-0.2, 0) is 0 Å². The molecule has 0 radical (unpaired) electrons. The van der Waals surface area contributed by atoms with Crippen LogP contribution in [0.15, 0.2) is 0 Å². The Bertz CT molecular complexity index is 210. The maximum absolute atomic E-state index is 3.69. The number of likely N-dealkylation sites (tertiary alicyclic amines) is 1. The second kappa shape index (κ2) is 6.72. The maximum atomic E-state index is 3.69. The van der Waals surface area contributed by atoms with E-state index < -0.39 is 0 Å². The molecule has 3 nitrogen and oxygen atoms in total. The molecule has 17 heavy (non-hydrogen) atoms. The summed E-state index contributed by atoms with van der Waals surface area (Å²) in [7, 11) is 0. The molecule has 2 rings (SSSR count). The normalized spacial score (nSPS) is 30.5. The van der Waals surface area contributed by atoms with Crippen molar-refractivity contribution < 1.29 is 0 Å². The van der Waals surface area contributed by atoms with Gasteiger partial charge in [0.05, 0.1) is 0 Å². The lowest BCUT2D eigenvalue weighted by Crippen LogP contribution is -2.46. The Morgan fingerprint density at radius 1 is 1.18 bits per heavy atom. The third kappa shape index (κ3) is 3.43. The summed E-state index contributed by atoms with van der Waals surface area (Å²) in [5.41, 5.74) is 0. The van der Waals surface area contributed by atoms with Crippen LogP contribution in [0.2, 0.25) is 0 Å². The molecule has 0 spiro atoms. The molecule has 0 aliphatic carbocycles. The maximum Gasteiger partial charge on any atom is 0.0250 e. The van der Waals surface area contributed by atoms with E-state index in [4.69, 9.17) is 0 Å². The lowest BCUT2D eigenvalue weighted by Gasteiger charge is -2.31. The molecule has 2 heterocycles. The van der Waals surface area contributed by atoms with Crippen molar-refractivity contribution in [2.24, 2.45) is 0 Å². The highest BCUT2D eigenvalue weighted by molar-refractivity contribution is 4.92. The van der Waals surface area contributed by atoms with Crippen molar-refractivity contribution in [1.29, 1.82) is 0 Å². The van der Waals surface area contributed by atoms with Crippen LogP contribution in [0.3, 0.4) is 0 Å². The summed E-state index contributed by atoms with van der Waals surface area (Å²) >= 11 is 0. The molecular weight excluding hydrogens is 210 g/mol. The third-order valence-corrected chi connectivity index (χ3v) is 4.57. The first-order chi connectivity index (χ1) is 8.35. The van der Waals surface area contributed by atoms with Crippen LogP contribution in [0, 0.1) is 0 Å². The number of nitrogens with one attached hydrogen (secondary N) is 1. The average molecular weight is 239 g/mol.